The molecule has 2 heteroatoms. The second kappa shape index (κ2) is 1.57. The van der Waals surface area contributed by atoms with Crippen LogP contribution in [0.2, 0.25) is 0 Å². The van der Waals surface area contributed by atoms with E-state index in [2.05, 4.69) is 21.6 Å². The largest absolute Gasteiger partial charge is 0.232 e. The average Bonchev–Trinajstić information content (AvgIpc) is 1.69. The molecule has 0 bridgehead atoms. The summed E-state index contributed by atoms with van der Waals surface area (Å²) in [6, 6.07) is 0. The molecule has 0 aromatic carbocycles. The fourth-order valence-corrected chi connectivity index (χ4v) is 0.297. The molecule has 1 aliphatic rings. The molecule has 0 aliphatic carbocycles. The summed E-state index contributed by atoms with van der Waals surface area (Å²) < 4.78 is 0. The summed E-state index contributed by atoms with van der Waals surface area (Å²) in [6.45, 7) is 1.81. The van der Waals surface area contributed by atoms with E-state index in [1.165, 1.54) is 0 Å². The molecule has 0 amide bonds. The van der Waals surface area contributed by atoms with Gasteiger partial charge >= 0.3 is 0 Å². The maximum absolute atomic E-state index is 3.78. The molecule has 0 atom stereocenters. The second-order valence-corrected chi connectivity index (χ2v) is 1.17. The monoisotopic (exact) mass is 92.0 g/mol. The summed E-state index contributed by atoms with van der Waals surface area (Å²) in [5.74, 6) is 3.26. The lowest BCUT2D eigenvalue weighted by Crippen LogP contribution is -1.82. The molecule has 0 aromatic rings. The van der Waals surface area contributed by atoms with Gasteiger partial charge in [0.05, 0.1) is 6.20 Å². The molecule has 0 saturated carbocycles. The summed E-state index contributed by atoms with van der Waals surface area (Å²) in [4.78, 5) is 7.47. The van der Waals surface area contributed by atoms with E-state index in [1.807, 2.05) is 6.92 Å². The number of nitrogens with zero attached hydrogens (tertiary/aromatic N) is 2. The number of hydrogen-bond acceptors (Lipinski definition) is 2. The second-order valence-electron chi connectivity index (χ2n) is 1.17. The molecule has 0 radical (unpaired) electrons. The predicted molar refractivity (Wildman–Crippen MR) is 28.6 cm³/mol. The van der Waals surface area contributed by atoms with E-state index in [9.17, 15) is 0 Å². The van der Waals surface area contributed by atoms with Gasteiger partial charge in [-0.25, -0.2) is 4.99 Å². The lowest BCUT2D eigenvalue weighted by atomic mass is 10.6. The van der Waals surface area contributed by atoms with Crippen molar-refractivity contribution < 1.29 is 0 Å². The van der Waals surface area contributed by atoms with Crippen LogP contribution in [0.1, 0.15) is 6.92 Å². The van der Waals surface area contributed by atoms with Crippen molar-refractivity contribution in [1.82, 2.24) is 0 Å². The Morgan fingerprint density at radius 2 is 2.57 bits per heavy atom. The van der Waals surface area contributed by atoms with Gasteiger partial charge in [-0.1, -0.05) is 0 Å². The van der Waals surface area contributed by atoms with Crippen LogP contribution in [-0.2, 0) is 0 Å². The zero-order valence-electron chi connectivity index (χ0n) is 3.97. The topological polar surface area (TPSA) is 24.7 Å². The Bertz CT molecular complexity index is 188. The van der Waals surface area contributed by atoms with Gasteiger partial charge in [0.1, 0.15) is 5.84 Å². The first-order valence-corrected chi connectivity index (χ1v) is 1.97. The van der Waals surface area contributed by atoms with E-state index in [-0.39, 0.29) is 0 Å². The van der Waals surface area contributed by atoms with Crippen LogP contribution in [0.15, 0.2) is 21.9 Å². The van der Waals surface area contributed by atoms with Crippen molar-refractivity contribution in [3.05, 3.63) is 11.9 Å². The highest BCUT2D eigenvalue weighted by Gasteiger charge is 1.78. The SMILES string of the molecule is CC1=NC=C=C=N1. The minimum Gasteiger partial charge on any atom is -0.232 e. The molecule has 0 N–H and O–H groups in total. The van der Waals surface area contributed by atoms with Gasteiger partial charge < -0.3 is 0 Å². The number of amidine groups is 1. The van der Waals surface area contributed by atoms with Crippen LogP contribution in [0.4, 0.5) is 0 Å². The van der Waals surface area contributed by atoms with Crippen molar-refractivity contribution in [3.8, 4) is 0 Å². The van der Waals surface area contributed by atoms with E-state index in [4.69, 9.17) is 0 Å². The molecule has 0 saturated heterocycles. The first-order valence-electron chi connectivity index (χ1n) is 1.97. The van der Waals surface area contributed by atoms with Crippen LogP contribution in [0.3, 0.4) is 0 Å². The van der Waals surface area contributed by atoms with E-state index >= 15 is 0 Å². The molecule has 2 nitrogen and oxygen atoms in total. The van der Waals surface area contributed by atoms with Gasteiger partial charge in [0, 0.05) is 5.87 Å². The Morgan fingerprint density at radius 1 is 1.71 bits per heavy atom. The van der Waals surface area contributed by atoms with Gasteiger partial charge in [-0.3, -0.25) is 0 Å². The molecule has 34 valence electrons. The van der Waals surface area contributed by atoms with Crippen LogP contribution < -0.4 is 0 Å². The highest BCUT2D eigenvalue weighted by molar-refractivity contribution is 5.87. The Balaban J connectivity index is 3.02. The zero-order valence-corrected chi connectivity index (χ0v) is 3.97. The van der Waals surface area contributed by atoms with Crippen molar-refractivity contribution in [2.24, 2.45) is 9.98 Å². The lowest BCUT2D eigenvalue weighted by molar-refractivity contribution is 1.46. The lowest BCUT2D eigenvalue weighted by Gasteiger charge is -1.81. The van der Waals surface area contributed by atoms with Crippen molar-refractivity contribution in [3.63, 3.8) is 0 Å². The third kappa shape index (κ3) is 0.866. The molecule has 0 spiro atoms. The molecular formula is C5H4N2. The molecule has 1 aliphatic heterocycles. The standard InChI is InChI=1S/C5H4N2/c1-5-6-3-2-4-7-5/h3H,1H3. The first-order chi connectivity index (χ1) is 3.39. The molecule has 1 heterocycles. The Kier molecular flexibility index (Phi) is 0.910. The minimum atomic E-state index is 0.735. The highest BCUT2D eigenvalue weighted by Crippen LogP contribution is 1.81. The van der Waals surface area contributed by atoms with Crippen LogP contribution in [0.25, 0.3) is 0 Å². The average molecular weight is 92.1 g/mol. The van der Waals surface area contributed by atoms with Crippen LogP contribution in [0, 0.1) is 0 Å². The summed E-state index contributed by atoms with van der Waals surface area (Å²) >= 11 is 0. The Morgan fingerprint density at radius 3 is 2.86 bits per heavy atom. The third-order valence-electron chi connectivity index (χ3n) is 0.598. The summed E-state index contributed by atoms with van der Waals surface area (Å²) in [7, 11) is 0. The maximum Gasteiger partial charge on any atom is 0.136 e. The van der Waals surface area contributed by atoms with Crippen molar-refractivity contribution in [2.45, 2.75) is 6.92 Å². The third-order valence-corrected chi connectivity index (χ3v) is 0.598. The normalized spacial score (nSPS) is 14.7. The number of aliphatic imine (C=N–C) groups is 2. The van der Waals surface area contributed by atoms with E-state index in [0.717, 1.165) is 5.84 Å². The molecule has 0 fully saturated rings. The molecule has 7 heavy (non-hydrogen) atoms. The quantitative estimate of drug-likeness (QED) is 0.394. The van der Waals surface area contributed by atoms with Crippen LogP contribution in [0.5, 0.6) is 0 Å². The highest BCUT2D eigenvalue weighted by atomic mass is 14.9. The minimum absolute atomic E-state index is 0.735. The summed E-state index contributed by atoms with van der Waals surface area (Å²) in [5.41, 5.74) is 2.59. The Hall–Kier alpha value is -1.10. The van der Waals surface area contributed by atoms with Crippen molar-refractivity contribution in [2.75, 3.05) is 0 Å². The van der Waals surface area contributed by atoms with Crippen molar-refractivity contribution in [1.29, 1.82) is 0 Å². The predicted octanol–water partition coefficient (Wildman–Crippen LogP) is 0.757. The van der Waals surface area contributed by atoms with Crippen LogP contribution >= 0.6 is 0 Å². The van der Waals surface area contributed by atoms with Gasteiger partial charge in [-0.15, -0.1) is 0 Å². The van der Waals surface area contributed by atoms with E-state index in [0.29, 0.717) is 0 Å². The fourth-order valence-electron chi connectivity index (χ4n) is 0.297. The fraction of sp³-hybridized carbons (Fsp3) is 0.200. The number of hydrogen-bond donors (Lipinski definition) is 0. The van der Waals surface area contributed by atoms with E-state index in [1.54, 1.807) is 6.20 Å². The molecule has 0 aromatic heterocycles. The van der Waals surface area contributed by atoms with E-state index < -0.39 is 0 Å². The van der Waals surface area contributed by atoms with Gasteiger partial charge in [0.2, 0.25) is 0 Å². The van der Waals surface area contributed by atoms with Gasteiger partial charge in [-0.05, 0) is 12.7 Å². The molecule has 0 unspecified atom stereocenters. The van der Waals surface area contributed by atoms with Gasteiger partial charge in [0.15, 0.2) is 0 Å². The summed E-state index contributed by atoms with van der Waals surface area (Å²) in [6.07, 6.45) is 1.54. The van der Waals surface area contributed by atoms with Gasteiger partial charge in [-0.2, -0.15) is 4.99 Å². The summed E-state index contributed by atoms with van der Waals surface area (Å²) in [5, 5.41) is 0. The number of rotatable bonds is 0. The Labute approximate surface area is 41.6 Å². The van der Waals surface area contributed by atoms with Gasteiger partial charge in [0.25, 0.3) is 0 Å². The van der Waals surface area contributed by atoms with Crippen molar-refractivity contribution >= 4 is 11.7 Å². The molecular weight excluding hydrogens is 88.1 g/mol. The molecule has 1 rings (SSSR count). The zero-order chi connectivity index (χ0) is 5.11. The maximum atomic E-state index is 3.78. The van der Waals surface area contributed by atoms with Crippen LogP contribution in [-0.4, -0.2) is 11.7 Å². The smallest absolute Gasteiger partial charge is 0.136 e. The first kappa shape index (κ1) is 4.07.